The fourth-order valence-corrected chi connectivity index (χ4v) is 4.90. The number of aliphatic imine (C=N–C) groups is 1. The molecule has 4 rings (SSSR count). The molecule has 0 aromatic carbocycles. The molecule has 2 heterocycles. The summed E-state index contributed by atoms with van der Waals surface area (Å²) >= 11 is 1.18. The van der Waals surface area contributed by atoms with E-state index in [0.717, 1.165) is 6.92 Å². The molecule has 34 heavy (non-hydrogen) atoms. The molecular weight excluding hydrogens is 482 g/mol. The number of alkyl halides is 6. The zero-order valence-electron chi connectivity index (χ0n) is 18.6. The Bertz CT molecular complexity index is 895. The molecule has 2 N–H and O–H groups in total. The largest absolute Gasteiger partial charge is 0.351 e. The fourth-order valence-electron chi connectivity index (χ4n) is 4.11. The van der Waals surface area contributed by atoms with Crippen LogP contribution in [0.2, 0.25) is 0 Å². The second-order valence-corrected chi connectivity index (χ2v) is 10.1. The Morgan fingerprint density at radius 1 is 0.853 bits per heavy atom. The molecule has 0 saturated heterocycles. The number of hydrogen-bond acceptors (Lipinski definition) is 7. The summed E-state index contributed by atoms with van der Waals surface area (Å²) in [6.07, 6.45) is 1.19. The summed E-state index contributed by atoms with van der Waals surface area (Å²) in [4.78, 5) is 17.0. The SMILES string of the molecule is CC(F)(F)C1=CCSC(c2nc(NC3CCC(F)(F)CC3)nc(NC3CCC(F)(F)CC3)n2)=N1. The fraction of sp³-hybridized carbons (Fsp3) is 0.714. The Kier molecular flexibility index (Phi) is 7.03. The number of thioether (sulfide) groups is 1. The number of halogens is 6. The first-order chi connectivity index (χ1) is 15.9. The van der Waals surface area contributed by atoms with Crippen LogP contribution in [0, 0.1) is 0 Å². The minimum absolute atomic E-state index is 0.0575. The normalized spacial score (nSPS) is 23.7. The van der Waals surface area contributed by atoms with Crippen molar-refractivity contribution in [2.45, 2.75) is 88.1 Å². The van der Waals surface area contributed by atoms with Crippen molar-refractivity contribution in [1.82, 2.24) is 15.0 Å². The number of aromatic nitrogens is 3. The van der Waals surface area contributed by atoms with Crippen LogP contribution >= 0.6 is 11.8 Å². The summed E-state index contributed by atoms with van der Waals surface area (Å²) in [6.45, 7) is 0.751. The third-order valence-corrected chi connectivity index (χ3v) is 6.98. The van der Waals surface area contributed by atoms with Crippen LogP contribution in [0.4, 0.5) is 38.2 Å². The Morgan fingerprint density at radius 2 is 1.32 bits per heavy atom. The van der Waals surface area contributed by atoms with Crippen LogP contribution in [-0.2, 0) is 0 Å². The van der Waals surface area contributed by atoms with Gasteiger partial charge in [-0.1, -0.05) is 11.8 Å². The van der Waals surface area contributed by atoms with E-state index in [2.05, 4.69) is 30.6 Å². The molecule has 0 spiro atoms. The van der Waals surface area contributed by atoms with Crippen molar-refractivity contribution in [2.75, 3.05) is 16.4 Å². The first kappa shape index (κ1) is 25.1. The van der Waals surface area contributed by atoms with Gasteiger partial charge in [-0.2, -0.15) is 23.7 Å². The molecule has 2 aliphatic carbocycles. The third-order valence-electron chi connectivity index (χ3n) is 6.10. The lowest BCUT2D eigenvalue weighted by molar-refractivity contribution is -0.0366. The highest BCUT2D eigenvalue weighted by Gasteiger charge is 2.37. The van der Waals surface area contributed by atoms with Crippen LogP contribution in [0.5, 0.6) is 0 Å². The van der Waals surface area contributed by atoms with Gasteiger partial charge >= 0.3 is 0 Å². The lowest BCUT2D eigenvalue weighted by atomic mass is 9.92. The molecule has 3 aliphatic rings. The molecule has 6 nitrogen and oxygen atoms in total. The summed E-state index contributed by atoms with van der Waals surface area (Å²) in [6, 6.07) is -0.569. The van der Waals surface area contributed by atoms with Crippen LogP contribution < -0.4 is 10.6 Å². The van der Waals surface area contributed by atoms with E-state index < -0.39 is 23.5 Å². The lowest BCUT2D eigenvalue weighted by Gasteiger charge is -2.30. The van der Waals surface area contributed by atoms with Crippen molar-refractivity contribution in [2.24, 2.45) is 4.99 Å². The first-order valence-corrected chi connectivity index (χ1v) is 12.2. The van der Waals surface area contributed by atoms with Gasteiger partial charge in [0.2, 0.25) is 23.7 Å². The Balaban J connectivity index is 1.57. The number of rotatable bonds is 6. The summed E-state index contributed by atoms with van der Waals surface area (Å²) in [7, 11) is 0. The van der Waals surface area contributed by atoms with E-state index in [0.29, 0.717) is 0 Å². The van der Waals surface area contributed by atoms with Crippen LogP contribution in [0.25, 0.3) is 0 Å². The number of anilines is 2. The summed E-state index contributed by atoms with van der Waals surface area (Å²) in [5.74, 6) is -8.01. The summed E-state index contributed by atoms with van der Waals surface area (Å²) < 4.78 is 81.7. The number of allylic oxidation sites excluding steroid dienone is 1. The van der Waals surface area contributed by atoms with Gasteiger partial charge in [-0.05, 0) is 31.8 Å². The van der Waals surface area contributed by atoms with Crippen molar-refractivity contribution >= 4 is 28.7 Å². The second kappa shape index (κ2) is 9.54. The van der Waals surface area contributed by atoms with Crippen LogP contribution in [0.3, 0.4) is 0 Å². The zero-order chi connectivity index (χ0) is 24.6. The maximum Gasteiger partial charge on any atom is 0.286 e. The van der Waals surface area contributed by atoms with E-state index in [1.165, 1.54) is 17.8 Å². The second-order valence-electron chi connectivity index (χ2n) is 9.06. The smallest absolute Gasteiger partial charge is 0.286 e. The quantitative estimate of drug-likeness (QED) is 0.467. The molecular formula is C21H26F6N6S. The highest BCUT2D eigenvalue weighted by Crippen LogP contribution is 2.36. The van der Waals surface area contributed by atoms with Crippen LogP contribution in [-0.4, -0.2) is 55.6 Å². The molecule has 2 fully saturated rings. The standard InChI is InChI=1S/C21H26F6N6S/c1-19(22,23)14-6-11-34-16(30-14)15-31-17(28-12-2-7-20(24,25)8-3-12)33-18(32-15)29-13-4-9-21(26,27)10-5-13/h6,12-13H,2-5,7-11H2,1H3,(H2,28,29,31,32,33). The Labute approximate surface area is 197 Å². The maximum atomic E-state index is 13.8. The average molecular weight is 509 g/mol. The van der Waals surface area contributed by atoms with Crippen molar-refractivity contribution in [3.05, 3.63) is 17.6 Å². The van der Waals surface area contributed by atoms with Gasteiger partial charge in [0.25, 0.3) is 5.92 Å². The number of nitrogens with zero attached hydrogens (tertiary/aromatic N) is 4. The van der Waals surface area contributed by atoms with E-state index >= 15 is 0 Å². The predicted octanol–water partition coefficient (Wildman–Crippen LogP) is 5.88. The van der Waals surface area contributed by atoms with E-state index in [1.807, 2.05) is 0 Å². The van der Waals surface area contributed by atoms with Gasteiger partial charge in [0.1, 0.15) is 10.7 Å². The van der Waals surface area contributed by atoms with Crippen LogP contribution in [0.15, 0.2) is 16.8 Å². The van der Waals surface area contributed by atoms with Gasteiger partial charge in [0.05, 0.1) is 0 Å². The van der Waals surface area contributed by atoms with Gasteiger partial charge in [-0.3, -0.25) is 0 Å². The highest BCUT2D eigenvalue weighted by atomic mass is 32.2. The molecule has 0 unspecified atom stereocenters. The average Bonchev–Trinajstić information content (AvgIpc) is 2.76. The molecule has 0 amide bonds. The molecule has 2 saturated carbocycles. The molecule has 0 bridgehead atoms. The van der Waals surface area contributed by atoms with Crippen molar-refractivity contribution in [3.63, 3.8) is 0 Å². The molecule has 13 heteroatoms. The maximum absolute atomic E-state index is 13.8. The van der Waals surface area contributed by atoms with Gasteiger partial charge in [-0.15, -0.1) is 0 Å². The molecule has 1 aromatic heterocycles. The van der Waals surface area contributed by atoms with Crippen molar-refractivity contribution in [1.29, 1.82) is 0 Å². The summed E-state index contributed by atoms with van der Waals surface area (Å²) in [5, 5.41) is 6.27. The molecule has 1 aromatic rings. The lowest BCUT2D eigenvalue weighted by Crippen LogP contribution is -2.34. The number of hydrogen-bond donors (Lipinski definition) is 2. The molecule has 1 aliphatic heterocycles. The van der Waals surface area contributed by atoms with E-state index in [9.17, 15) is 26.3 Å². The predicted molar refractivity (Wildman–Crippen MR) is 119 cm³/mol. The third kappa shape index (κ3) is 6.54. The van der Waals surface area contributed by atoms with Crippen molar-refractivity contribution in [3.8, 4) is 0 Å². The van der Waals surface area contributed by atoms with Gasteiger partial charge in [-0.25, -0.2) is 22.6 Å². The molecule has 188 valence electrons. The zero-order valence-corrected chi connectivity index (χ0v) is 19.4. The van der Waals surface area contributed by atoms with Gasteiger partial charge in [0.15, 0.2) is 5.82 Å². The topological polar surface area (TPSA) is 75.1 Å². The summed E-state index contributed by atoms with van der Waals surface area (Å²) in [5.41, 5.74) is -0.394. The monoisotopic (exact) mass is 508 g/mol. The highest BCUT2D eigenvalue weighted by molar-refractivity contribution is 8.14. The van der Waals surface area contributed by atoms with E-state index in [1.54, 1.807) is 0 Å². The van der Waals surface area contributed by atoms with Gasteiger partial charge in [0, 0.05) is 50.4 Å². The van der Waals surface area contributed by atoms with E-state index in [4.69, 9.17) is 0 Å². The van der Waals surface area contributed by atoms with Crippen LogP contribution in [0.1, 0.15) is 64.1 Å². The Morgan fingerprint density at radius 3 is 1.76 bits per heavy atom. The molecule has 0 atom stereocenters. The minimum atomic E-state index is -3.14. The number of nitrogens with one attached hydrogen (secondary N) is 2. The minimum Gasteiger partial charge on any atom is -0.351 e. The Hall–Kier alpha value is -2.05. The van der Waals surface area contributed by atoms with Crippen molar-refractivity contribution < 1.29 is 26.3 Å². The first-order valence-electron chi connectivity index (χ1n) is 11.2. The van der Waals surface area contributed by atoms with E-state index in [-0.39, 0.29) is 92.0 Å². The van der Waals surface area contributed by atoms with Gasteiger partial charge < -0.3 is 10.6 Å². The molecule has 0 radical (unpaired) electrons.